The third-order valence-electron chi connectivity index (χ3n) is 6.03. The first-order valence-corrected chi connectivity index (χ1v) is 11.9. The first kappa shape index (κ1) is 21.9. The Labute approximate surface area is 200 Å². The summed E-state index contributed by atoms with van der Waals surface area (Å²) in [5.41, 5.74) is 5.37. The fourth-order valence-corrected chi connectivity index (χ4v) is 4.25. The van der Waals surface area contributed by atoms with E-state index in [-0.39, 0.29) is 5.92 Å². The van der Waals surface area contributed by atoms with E-state index in [2.05, 4.69) is 59.4 Å². The maximum atomic E-state index is 6.04. The molecule has 0 amide bonds. The molecule has 0 bridgehead atoms. The van der Waals surface area contributed by atoms with Gasteiger partial charge < -0.3 is 9.47 Å². The molecule has 4 nitrogen and oxygen atoms in total. The largest absolute Gasteiger partial charge is 0.494 e. The lowest BCUT2D eigenvalue weighted by Gasteiger charge is -2.27. The van der Waals surface area contributed by atoms with Crippen LogP contribution in [-0.4, -0.2) is 17.8 Å². The van der Waals surface area contributed by atoms with Crippen molar-refractivity contribution >= 4 is 11.9 Å². The summed E-state index contributed by atoms with van der Waals surface area (Å²) in [5, 5.41) is 0. The molecule has 1 atom stereocenters. The molecule has 34 heavy (non-hydrogen) atoms. The molecule has 4 aromatic rings. The molecular formula is C30H28N2O2. The van der Waals surface area contributed by atoms with Crippen molar-refractivity contribution in [1.29, 1.82) is 0 Å². The molecule has 0 N–H and O–H groups in total. The molecule has 0 fully saturated rings. The van der Waals surface area contributed by atoms with Crippen molar-refractivity contribution in [3.63, 3.8) is 0 Å². The number of nitrogens with zero attached hydrogens (tertiary/aromatic N) is 2. The second-order valence-electron chi connectivity index (χ2n) is 8.45. The number of rotatable bonds is 8. The second kappa shape index (κ2) is 10.3. The standard InChI is InChI=1S/C30H28N2O2/c1-2-3-6-20-33-25-17-11-22(12-18-25)21-32-24-15-13-23(14-16-24)29-26-8-4-5-10-28(26)34-30-27(29)9-7-19-31-30/h4-5,7-19,21,29H,2-3,6,20H2,1H3. The van der Waals surface area contributed by atoms with Crippen LogP contribution in [0.15, 0.2) is 96.1 Å². The molecule has 0 saturated carbocycles. The van der Waals surface area contributed by atoms with Gasteiger partial charge in [-0.15, -0.1) is 0 Å². The van der Waals surface area contributed by atoms with Gasteiger partial charge in [-0.2, -0.15) is 0 Å². The van der Waals surface area contributed by atoms with Crippen molar-refractivity contribution in [2.24, 2.45) is 4.99 Å². The van der Waals surface area contributed by atoms with Crippen LogP contribution >= 0.6 is 0 Å². The van der Waals surface area contributed by atoms with Gasteiger partial charge in [-0.3, -0.25) is 4.99 Å². The molecule has 3 aromatic carbocycles. The third kappa shape index (κ3) is 4.86. The quantitative estimate of drug-likeness (QED) is 0.180. The lowest BCUT2D eigenvalue weighted by atomic mass is 9.84. The van der Waals surface area contributed by atoms with Gasteiger partial charge in [0.1, 0.15) is 11.5 Å². The predicted octanol–water partition coefficient (Wildman–Crippen LogP) is 7.69. The fourth-order valence-electron chi connectivity index (χ4n) is 4.25. The number of ether oxygens (including phenoxy) is 2. The number of fused-ring (bicyclic) bond motifs is 2. The molecule has 170 valence electrons. The Kier molecular flexibility index (Phi) is 6.66. The van der Waals surface area contributed by atoms with Gasteiger partial charge in [-0.05, 0) is 66.1 Å². The van der Waals surface area contributed by atoms with Crippen LogP contribution in [0.3, 0.4) is 0 Å². The van der Waals surface area contributed by atoms with Crippen LogP contribution in [0.4, 0.5) is 5.69 Å². The summed E-state index contributed by atoms with van der Waals surface area (Å²) < 4.78 is 11.8. The maximum absolute atomic E-state index is 6.04. The summed E-state index contributed by atoms with van der Waals surface area (Å²) in [7, 11) is 0. The summed E-state index contributed by atoms with van der Waals surface area (Å²) >= 11 is 0. The Morgan fingerprint density at radius 3 is 2.50 bits per heavy atom. The van der Waals surface area contributed by atoms with Crippen LogP contribution in [0.1, 0.15) is 54.4 Å². The van der Waals surface area contributed by atoms with E-state index in [1.54, 1.807) is 6.20 Å². The predicted molar refractivity (Wildman–Crippen MR) is 137 cm³/mol. The highest BCUT2D eigenvalue weighted by atomic mass is 16.5. The summed E-state index contributed by atoms with van der Waals surface area (Å²) in [6.45, 7) is 2.97. The van der Waals surface area contributed by atoms with Crippen molar-refractivity contribution in [2.45, 2.75) is 32.1 Å². The zero-order valence-corrected chi connectivity index (χ0v) is 19.4. The normalized spacial score (nSPS) is 14.3. The average Bonchev–Trinajstić information content (AvgIpc) is 2.89. The lowest BCUT2D eigenvalue weighted by molar-refractivity contribution is 0.306. The minimum absolute atomic E-state index is 0.0801. The number of unbranched alkanes of at least 4 members (excludes halogenated alkanes) is 2. The Morgan fingerprint density at radius 1 is 0.882 bits per heavy atom. The minimum atomic E-state index is 0.0801. The number of aliphatic imine (C=N–C) groups is 1. The summed E-state index contributed by atoms with van der Waals surface area (Å²) in [5.74, 6) is 2.52. The van der Waals surface area contributed by atoms with E-state index in [4.69, 9.17) is 9.47 Å². The summed E-state index contributed by atoms with van der Waals surface area (Å²) in [6, 6.07) is 28.7. The van der Waals surface area contributed by atoms with E-state index in [0.29, 0.717) is 5.88 Å². The first-order valence-electron chi connectivity index (χ1n) is 11.9. The Balaban J connectivity index is 1.31. The van der Waals surface area contributed by atoms with Gasteiger partial charge in [0.2, 0.25) is 5.88 Å². The Morgan fingerprint density at radius 2 is 1.68 bits per heavy atom. The zero-order chi connectivity index (χ0) is 23.2. The molecule has 1 unspecified atom stereocenters. The first-order chi connectivity index (χ1) is 16.8. The maximum Gasteiger partial charge on any atom is 0.223 e. The molecule has 1 aliphatic rings. The molecule has 1 aromatic heterocycles. The van der Waals surface area contributed by atoms with Crippen molar-refractivity contribution in [3.8, 4) is 17.4 Å². The number of hydrogen-bond donors (Lipinski definition) is 0. The topological polar surface area (TPSA) is 43.7 Å². The second-order valence-corrected chi connectivity index (χ2v) is 8.45. The summed E-state index contributed by atoms with van der Waals surface area (Å²) in [4.78, 5) is 9.12. The van der Waals surface area contributed by atoms with Crippen molar-refractivity contribution in [2.75, 3.05) is 6.61 Å². The number of aromatic nitrogens is 1. The van der Waals surface area contributed by atoms with E-state index >= 15 is 0 Å². The average molecular weight is 449 g/mol. The van der Waals surface area contributed by atoms with Gasteiger partial charge >= 0.3 is 0 Å². The van der Waals surface area contributed by atoms with Crippen LogP contribution < -0.4 is 9.47 Å². The van der Waals surface area contributed by atoms with Crippen LogP contribution in [0.2, 0.25) is 0 Å². The van der Waals surface area contributed by atoms with E-state index in [1.165, 1.54) is 18.4 Å². The molecule has 0 aliphatic carbocycles. The number of benzene rings is 3. The van der Waals surface area contributed by atoms with Crippen molar-refractivity contribution in [3.05, 3.63) is 113 Å². The summed E-state index contributed by atoms with van der Waals surface area (Å²) in [6.07, 6.45) is 7.16. The zero-order valence-electron chi connectivity index (χ0n) is 19.4. The van der Waals surface area contributed by atoms with Crippen molar-refractivity contribution in [1.82, 2.24) is 4.98 Å². The highest BCUT2D eigenvalue weighted by Gasteiger charge is 2.28. The monoisotopic (exact) mass is 448 g/mol. The molecule has 0 saturated heterocycles. The molecule has 2 heterocycles. The number of pyridine rings is 1. The number of hydrogen-bond acceptors (Lipinski definition) is 4. The van der Waals surface area contributed by atoms with E-state index in [0.717, 1.165) is 46.9 Å². The minimum Gasteiger partial charge on any atom is -0.494 e. The van der Waals surface area contributed by atoms with Crippen LogP contribution in [0.25, 0.3) is 0 Å². The van der Waals surface area contributed by atoms with E-state index in [9.17, 15) is 0 Å². The van der Waals surface area contributed by atoms with Gasteiger partial charge in [0.25, 0.3) is 0 Å². The van der Waals surface area contributed by atoms with Crippen LogP contribution in [0.5, 0.6) is 17.4 Å². The highest BCUT2D eigenvalue weighted by molar-refractivity contribution is 5.82. The van der Waals surface area contributed by atoms with Gasteiger partial charge in [0.05, 0.1) is 12.3 Å². The van der Waals surface area contributed by atoms with Gasteiger partial charge in [0.15, 0.2) is 0 Å². The van der Waals surface area contributed by atoms with Gasteiger partial charge in [-0.1, -0.05) is 56.2 Å². The fraction of sp³-hybridized carbons (Fsp3) is 0.200. The molecule has 5 rings (SSSR count). The SMILES string of the molecule is CCCCCOc1ccc(C=Nc2ccc(C3c4ccccc4Oc4ncccc43)cc2)cc1. The molecule has 1 aliphatic heterocycles. The highest BCUT2D eigenvalue weighted by Crippen LogP contribution is 2.46. The van der Waals surface area contributed by atoms with Crippen LogP contribution in [0, 0.1) is 0 Å². The van der Waals surface area contributed by atoms with Gasteiger partial charge in [-0.25, -0.2) is 4.98 Å². The molecule has 0 radical (unpaired) electrons. The smallest absolute Gasteiger partial charge is 0.223 e. The number of para-hydroxylation sites is 1. The van der Waals surface area contributed by atoms with E-state index < -0.39 is 0 Å². The van der Waals surface area contributed by atoms with Crippen LogP contribution in [-0.2, 0) is 0 Å². The Bertz CT molecular complexity index is 1220. The van der Waals surface area contributed by atoms with Crippen molar-refractivity contribution < 1.29 is 9.47 Å². The molecule has 4 heteroatoms. The Hall–Kier alpha value is -3.92. The molecular weight excluding hydrogens is 420 g/mol. The molecule has 0 spiro atoms. The van der Waals surface area contributed by atoms with E-state index in [1.807, 2.05) is 48.7 Å². The van der Waals surface area contributed by atoms with Gasteiger partial charge in [0, 0.05) is 29.5 Å². The third-order valence-corrected chi connectivity index (χ3v) is 6.03. The lowest BCUT2D eigenvalue weighted by Crippen LogP contribution is -2.12.